The van der Waals surface area contributed by atoms with Crippen molar-refractivity contribution in [2.75, 3.05) is 0 Å². The monoisotopic (exact) mass is 220 g/mol. The molecule has 1 aromatic heterocycles. The quantitative estimate of drug-likeness (QED) is 0.453. The van der Waals surface area contributed by atoms with Gasteiger partial charge in [-0.2, -0.15) is 0 Å². The first-order valence-corrected chi connectivity index (χ1v) is 5.50. The van der Waals surface area contributed by atoms with Gasteiger partial charge in [-0.25, -0.2) is 0 Å². The van der Waals surface area contributed by atoms with Gasteiger partial charge in [-0.05, 0) is 22.9 Å². The van der Waals surface area contributed by atoms with Crippen molar-refractivity contribution in [2.45, 2.75) is 0 Å². The average molecular weight is 220 g/mol. The SMILES string of the molecule is O=c1ccoc2ccc3ccc4ccc1c2c34. The first kappa shape index (κ1) is 8.76. The van der Waals surface area contributed by atoms with E-state index in [0.29, 0.717) is 0 Å². The molecule has 0 saturated carbocycles. The summed E-state index contributed by atoms with van der Waals surface area (Å²) in [7, 11) is 0. The lowest BCUT2D eigenvalue weighted by Gasteiger charge is -2.00. The number of rotatable bonds is 0. The van der Waals surface area contributed by atoms with Crippen molar-refractivity contribution in [3.63, 3.8) is 0 Å². The maximum Gasteiger partial charge on any atom is 0.189 e. The van der Waals surface area contributed by atoms with Gasteiger partial charge in [0.25, 0.3) is 0 Å². The third-order valence-corrected chi connectivity index (χ3v) is 3.31. The largest absolute Gasteiger partial charge is 0.464 e. The molecule has 0 aliphatic rings. The van der Waals surface area contributed by atoms with Crippen molar-refractivity contribution in [1.82, 2.24) is 0 Å². The van der Waals surface area contributed by atoms with Crippen molar-refractivity contribution in [3.05, 3.63) is 59.0 Å². The van der Waals surface area contributed by atoms with Gasteiger partial charge in [-0.1, -0.05) is 24.3 Å². The second-order valence-corrected chi connectivity index (χ2v) is 4.22. The van der Waals surface area contributed by atoms with Crippen LogP contribution in [0.1, 0.15) is 0 Å². The van der Waals surface area contributed by atoms with Crippen LogP contribution in [0, 0.1) is 0 Å². The van der Waals surface area contributed by atoms with E-state index in [1.54, 1.807) is 0 Å². The lowest BCUT2D eigenvalue weighted by Crippen LogP contribution is -1.94. The van der Waals surface area contributed by atoms with E-state index in [2.05, 4.69) is 12.1 Å². The molecular formula is C15H8O2. The van der Waals surface area contributed by atoms with Crippen LogP contribution in [-0.2, 0) is 0 Å². The highest BCUT2D eigenvalue weighted by Crippen LogP contribution is 2.33. The average Bonchev–Trinajstić information content (AvgIpc) is 2.70. The fourth-order valence-electron chi connectivity index (χ4n) is 2.54. The molecule has 0 aliphatic carbocycles. The fourth-order valence-corrected chi connectivity index (χ4v) is 2.54. The minimum atomic E-state index is -0.000602. The van der Waals surface area contributed by atoms with Crippen LogP contribution in [0.2, 0.25) is 0 Å². The molecule has 0 spiro atoms. The zero-order chi connectivity index (χ0) is 11.4. The van der Waals surface area contributed by atoms with Gasteiger partial charge in [0, 0.05) is 22.2 Å². The third-order valence-electron chi connectivity index (χ3n) is 3.31. The summed E-state index contributed by atoms with van der Waals surface area (Å²) < 4.78 is 5.50. The fraction of sp³-hybridized carbons (Fsp3) is 0. The minimum Gasteiger partial charge on any atom is -0.464 e. The van der Waals surface area contributed by atoms with Crippen molar-refractivity contribution in [2.24, 2.45) is 0 Å². The van der Waals surface area contributed by atoms with Crippen molar-refractivity contribution in [1.29, 1.82) is 0 Å². The maximum atomic E-state index is 11.9. The van der Waals surface area contributed by atoms with Crippen LogP contribution in [-0.4, -0.2) is 0 Å². The van der Waals surface area contributed by atoms with Crippen molar-refractivity contribution >= 4 is 32.5 Å². The second-order valence-electron chi connectivity index (χ2n) is 4.22. The molecule has 0 aliphatic heterocycles. The van der Waals surface area contributed by atoms with E-state index in [9.17, 15) is 4.79 Å². The zero-order valence-corrected chi connectivity index (χ0v) is 8.94. The molecule has 3 aromatic carbocycles. The Hall–Kier alpha value is -2.35. The van der Waals surface area contributed by atoms with Crippen LogP contribution in [0.15, 0.2) is 57.9 Å². The Labute approximate surface area is 96.4 Å². The summed E-state index contributed by atoms with van der Waals surface area (Å²) in [6.45, 7) is 0. The minimum absolute atomic E-state index is 0.000602. The zero-order valence-electron chi connectivity index (χ0n) is 8.94. The molecule has 0 radical (unpaired) electrons. The summed E-state index contributed by atoms with van der Waals surface area (Å²) in [5.41, 5.74) is 0.755. The number of hydrogen-bond acceptors (Lipinski definition) is 2. The van der Waals surface area contributed by atoms with E-state index >= 15 is 0 Å². The van der Waals surface area contributed by atoms with E-state index in [0.717, 1.165) is 32.5 Å². The van der Waals surface area contributed by atoms with Gasteiger partial charge in [0.2, 0.25) is 0 Å². The molecule has 4 rings (SSSR count). The molecule has 2 heteroatoms. The molecule has 1 heterocycles. The summed E-state index contributed by atoms with van der Waals surface area (Å²) in [6.07, 6.45) is 1.46. The lowest BCUT2D eigenvalue weighted by atomic mass is 10.0. The van der Waals surface area contributed by atoms with E-state index in [4.69, 9.17) is 4.42 Å². The molecular weight excluding hydrogens is 212 g/mol. The normalized spacial score (nSPS) is 11.8. The lowest BCUT2D eigenvalue weighted by molar-refractivity contribution is 0.607. The Kier molecular flexibility index (Phi) is 1.47. The van der Waals surface area contributed by atoms with Crippen molar-refractivity contribution < 1.29 is 4.42 Å². The molecule has 0 amide bonds. The summed E-state index contributed by atoms with van der Waals surface area (Å²) in [5, 5.41) is 5.08. The highest BCUT2D eigenvalue weighted by atomic mass is 16.3. The first-order valence-electron chi connectivity index (χ1n) is 5.50. The van der Waals surface area contributed by atoms with Gasteiger partial charge in [0.1, 0.15) is 5.58 Å². The first-order chi connectivity index (χ1) is 8.34. The van der Waals surface area contributed by atoms with Crippen LogP contribution < -0.4 is 5.43 Å². The Morgan fingerprint density at radius 2 is 1.47 bits per heavy atom. The predicted octanol–water partition coefficient (Wildman–Crippen LogP) is 3.54. The van der Waals surface area contributed by atoms with E-state index in [-0.39, 0.29) is 5.43 Å². The highest BCUT2D eigenvalue weighted by molar-refractivity contribution is 6.22. The topological polar surface area (TPSA) is 30.2 Å². The van der Waals surface area contributed by atoms with Crippen LogP contribution >= 0.6 is 0 Å². The van der Waals surface area contributed by atoms with Crippen molar-refractivity contribution in [3.8, 4) is 0 Å². The third kappa shape index (κ3) is 1.02. The Bertz CT molecular complexity index is 888. The van der Waals surface area contributed by atoms with Crippen LogP contribution in [0.25, 0.3) is 32.5 Å². The Morgan fingerprint density at radius 1 is 0.765 bits per heavy atom. The molecule has 4 aromatic rings. The molecule has 2 nitrogen and oxygen atoms in total. The van der Waals surface area contributed by atoms with Crippen LogP contribution in [0.5, 0.6) is 0 Å². The summed E-state index contributed by atoms with van der Waals surface area (Å²) >= 11 is 0. The maximum absolute atomic E-state index is 11.9. The number of hydrogen-bond donors (Lipinski definition) is 0. The van der Waals surface area contributed by atoms with Gasteiger partial charge in [-0.3, -0.25) is 4.79 Å². The molecule has 0 unspecified atom stereocenters. The number of benzene rings is 2. The smallest absolute Gasteiger partial charge is 0.189 e. The predicted molar refractivity (Wildman–Crippen MR) is 68.7 cm³/mol. The van der Waals surface area contributed by atoms with E-state index in [1.165, 1.54) is 12.3 Å². The summed E-state index contributed by atoms with van der Waals surface area (Å²) in [5.74, 6) is 0. The molecule has 0 bridgehead atoms. The van der Waals surface area contributed by atoms with E-state index in [1.807, 2.05) is 24.3 Å². The van der Waals surface area contributed by atoms with Crippen LogP contribution in [0.4, 0.5) is 0 Å². The van der Waals surface area contributed by atoms with Gasteiger partial charge < -0.3 is 4.42 Å². The Balaban J connectivity index is 2.56. The molecule has 0 saturated heterocycles. The molecule has 0 fully saturated rings. The van der Waals surface area contributed by atoms with Gasteiger partial charge in [-0.15, -0.1) is 0 Å². The van der Waals surface area contributed by atoms with Crippen LogP contribution in [0.3, 0.4) is 0 Å². The van der Waals surface area contributed by atoms with Gasteiger partial charge in [0.05, 0.1) is 6.26 Å². The van der Waals surface area contributed by atoms with Gasteiger partial charge in [0.15, 0.2) is 5.43 Å². The highest BCUT2D eigenvalue weighted by Gasteiger charge is 2.10. The summed E-state index contributed by atoms with van der Waals surface area (Å²) in [4.78, 5) is 11.9. The van der Waals surface area contributed by atoms with Gasteiger partial charge >= 0.3 is 0 Å². The molecule has 0 atom stereocenters. The second kappa shape index (κ2) is 2.86. The standard InChI is InChI=1S/C15H8O2/c16-12-7-8-17-13-6-4-10-2-1-9-3-5-11(12)15(13)14(9)10/h1-8H. The molecule has 0 N–H and O–H groups in total. The summed E-state index contributed by atoms with van der Waals surface area (Å²) in [6, 6.07) is 13.4. The molecule has 17 heavy (non-hydrogen) atoms. The van der Waals surface area contributed by atoms with E-state index < -0.39 is 0 Å². The Morgan fingerprint density at radius 3 is 2.29 bits per heavy atom. The molecule has 80 valence electrons.